The van der Waals surface area contributed by atoms with Crippen molar-refractivity contribution in [3.63, 3.8) is 0 Å². The summed E-state index contributed by atoms with van der Waals surface area (Å²) in [4.78, 5) is 0. The van der Waals surface area contributed by atoms with E-state index in [1.54, 1.807) is 6.92 Å². The van der Waals surface area contributed by atoms with E-state index in [0.29, 0.717) is 19.1 Å². The molecular weight excluding hydrogens is 238 g/mol. The lowest BCUT2D eigenvalue weighted by atomic mass is 10.0. The summed E-state index contributed by atoms with van der Waals surface area (Å²) in [7, 11) is 0. The maximum Gasteiger partial charge on any atom is 0.122 e. The summed E-state index contributed by atoms with van der Waals surface area (Å²) in [5.74, 6) is 0.848. The van der Waals surface area contributed by atoms with Crippen LogP contribution in [0.4, 0.5) is 0 Å². The lowest BCUT2D eigenvalue weighted by molar-refractivity contribution is 0.00827. The van der Waals surface area contributed by atoms with Gasteiger partial charge in [-0.1, -0.05) is 26.0 Å². The monoisotopic (exact) mass is 265 g/mol. The highest BCUT2D eigenvalue weighted by molar-refractivity contribution is 5.37. The Morgan fingerprint density at radius 2 is 2.05 bits per heavy atom. The molecule has 1 rings (SSSR count). The second-order valence-corrected chi connectivity index (χ2v) is 5.44. The van der Waals surface area contributed by atoms with Gasteiger partial charge in [-0.2, -0.15) is 0 Å². The number of rotatable bonds is 7. The largest absolute Gasteiger partial charge is 0.490 e. The molecule has 0 radical (unpaired) electrons. The zero-order chi connectivity index (χ0) is 14.5. The Hall–Kier alpha value is -1.06. The standard InChI is InChI=1S/C16H27NO2/c1-6-16(5,18)11-19-15-9-8-14(10-12(15)3)13(4)17-7-2/h8-10,13,17-18H,6-7,11H2,1-5H3. The zero-order valence-corrected chi connectivity index (χ0v) is 12.8. The first-order chi connectivity index (χ1) is 8.89. The van der Waals surface area contributed by atoms with Crippen molar-refractivity contribution in [3.8, 4) is 5.75 Å². The predicted molar refractivity (Wildman–Crippen MR) is 79.7 cm³/mol. The van der Waals surface area contributed by atoms with Gasteiger partial charge in [0, 0.05) is 6.04 Å². The van der Waals surface area contributed by atoms with E-state index in [1.807, 2.05) is 19.9 Å². The number of nitrogens with one attached hydrogen (secondary N) is 1. The van der Waals surface area contributed by atoms with Crippen LogP contribution in [-0.2, 0) is 0 Å². The number of hydrogen-bond donors (Lipinski definition) is 2. The topological polar surface area (TPSA) is 41.5 Å². The Kier molecular flexibility index (Phi) is 5.83. The van der Waals surface area contributed by atoms with Crippen LogP contribution in [0.15, 0.2) is 18.2 Å². The molecule has 0 aliphatic rings. The van der Waals surface area contributed by atoms with Crippen molar-refractivity contribution in [2.45, 2.75) is 52.7 Å². The molecule has 19 heavy (non-hydrogen) atoms. The van der Waals surface area contributed by atoms with Crippen LogP contribution in [-0.4, -0.2) is 23.9 Å². The minimum absolute atomic E-state index is 0.326. The smallest absolute Gasteiger partial charge is 0.122 e. The highest BCUT2D eigenvalue weighted by Crippen LogP contribution is 2.24. The van der Waals surface area contributed by atoms with Gasteiger partial charge in [-0.05, 0) is 50.9 Å². The van der Waals surface area contributed by atoms with Crippen LogP contribution in [0.1, 0.15) is 51.3 Å². The van der Waals surface area contributed by atoms with E-state index < -0.39 is 5.60 Å². The van der Waals surface area contributed by atoms with E-state index in [1.165, 1.54) is 5.56 Å². The Balaban J connectivity index is 2.72. The van der Waals surface area contributed by atoms with Gasteiger partial charge in [0.1, 0.15) is 12.4 Å². The van der Waals surface area contributed by atoms with Crippen LogP contribution >= 0.6 is 0 Å². The van der Waals surface area contributed by atoms with Crippen molar-refractivity contribution in [1.82, 2.24) is 5.32 Å². The van der Waals surface area contributed by atoms with Gasteiger partial charge in [0.2, 0.25) is 0 Å². The van der Waals surface area contributed by atoms with Crippen molar-refractivity contribution in [3.05, 3.63) is 29.3 Å². The third kappa shape index (κ3) is 4.84. The summed E-state index contributed by atoms with van der Waals surface area (Å²) < 4.78 is 5.72. The Bertz CT molecular complexity index is 402. The van der Waals surface area contributed by atoms with Crippen molar-refractivity contribution in [2.24, 2.45) is 0 Å². The number of hydrogen-bond acceptors (Lipinski definition) is 3. The molecule has 0 spiro atoms. The molecule has 0 aromatic heterocycles. The lowest BCUT2D eigenvalue weighted by Crippen LogP contribution is -2.31. The molecular formula is C16H27NO2. The summed E-state index contributed by atoms with van der Waals surface area (Å²) >= 11 is 0. The molecule has 0 saturated carbocycles. The van der Waals surface area contributed by atoms with Crippen molar-refractivity contribution < 1.29 is 9.84 Å². The van der Waals surface area contributed by atoms with E-state index in [9.17, 15) is 5.11 Å². The minimum atomic E-state index is -0.762. The maximum atomic E-state index is 9.95. The second-order valence-electron chi connectivity index (χ2n) is 5.44. The molecule has 1 aromatic carbocycles. The fraction of sp³-hybridized carbons (Fsp3) is 0.625. The maximum absolute atomic E-state index is 9.95. The van der Waals surface area contributed by atoms with Crippen LogP contribution < -0.4 is 10.1 Å². The molecule has 0 bridgehead atoms. The number of benzene rings is 1. The number of aryl methyl sites for hydroxylation is 1. The van der Waals surface area contributed by atoms with E-state index in [0.717, 1.165) is 17.9 Å². The second kappa shape index (κ2) is 6.92. The fourth-order valence-electron chi connectivity index (χ4n) is 1.86. The zero-order valence-electron chi connectivity index (χ0n) is 12.8. The highest BCUT2D eigenvalue weighted by Gasteiger charge is 2.19. The van der Waals surface area contributed by atoms with Gasteiger partial charge in [-0.3, -0.25) is 0 Å². The summed E-state index contributed by atoms with van der Waals surface area (Å²) in [6.45, 7) is 11.3. The Morgan fingerprint density at radius 3 is 2.58 bits per heavy atom. The van der Waals surface area contributed by atoms with Crippen LogP contribution in [0.3, 0.4) is 0 Å². The first-order valence-electron chi connectivity index (χ1n) is 7.08. The Morgan fingerprint density at radius 1 is 1.37 bits per heavy atom. The van der Waals surface area contributed by atoms with Gasteiger partial charge in [-0.25, -0.2) is 0 Å². The number of ether oxygens (including phenoxy) is 1. The van der Waals surface area contributed by atoms with Crippen LogP contribution in [0.2, 0.25) is 0 Å². The molecule has 0 heterocycles. The Labute approximate surface area is 117 Å². The summed E-state index contributed by atoms with van der Waals surface area (Å²) in [6.07, 6.45) is 0.682. The molecule has 1 aromatic rings. The molecule has 0 aliphatic carbocycles. The van der Waals surface area contributed by atoms with Crippen LogP contribution in [0.25, 0.3) is 0 Å². The van der Waals surface area contributed by atoms with Gasteiger partial charge in [0.15, 0.2) is 0 Å². The molecule has 0 aliphatic heterocycles. The molecule has 108 valence electrons. The quantitative estimate of drug-likeness (QED) is 0.795. The summed E-state index contributed by atoms with van der Waals surface area (Å²) in [6, 6.07) is 6.56. The van der Waals surface area contributed by atoms with Crippen molar-refractivity contribution in [1.29, 1.82) is 0 Å². The third-order valence-electron chi connectivity index (χ3n) is 3.51. The van der Waals surface area contributed by atoms with E-state index in [4.69, 9.17) is 4.74 Å². The molecule has 2 atom stereocenters. The average Bonchev–Trinajstić information content (AvgIpc) is 2.37. The number of aliphatic hydroxyl groups is 1. The highest BCUT2D eigenvalue weighted by atomic mass is 16.5. The molecule has 3 heteroatoms. The third-order valence-corrected chi connectivity index (χ3v) is 3.51. The molecule has 3 nitrogen and oxygen atoms in total. The van der Waals surface area contributed by atoms with Crippen molar-refractivity contribution >= 4 is 0 Å². The normalized spacial score (nSPS) is 15.9. The van der Waals surface area contributed by atoms with Gasteiger partial charge >= 0.3 is 0 Å². The molecule has 2 N–H and O–H groups in total. The van der Waals surface area contributed by atoms with Crippen molar-refractivity contribution in [2.75, 3.05) is 13.2 Å². The predicted octanol–water partition coefficient (Wildman–Crippen LogP) is 3.21. The SMILES string of the molecule is CCNC(C)c1ccc(OCC(C)(O)CC)c(C)c1. The van der Waals surface area contributed by atoms with Crippen LogP contribution in [0, 0.1) is 6.92 Å². The molecule has 0 amide bonds. The van der Waals surface area contributed by atoms with E-state index in [2.05, 4.69) is 31.3 Å². The summed E-state index contributed by atoms with van der Waals surface area (Å²) in [5.41, 5.74) is 1.60. The lowest BCUT2D eigenvalue weighted by Gasteiger charge is -2.22. The summed E-state index contributed by atoms with van der Waals surface area (Å²) in [5, 5.41) is 13.3. The molecule has 0 fully saturated rings. The minimum Gasteiger partial charge on any atom is -0.490 e. The van der Waals surface area contributed by atoms with Crippen LogP contribution in [0.5, 0.6) is 5.75 Å². The van der Waals surface area contributed by atoms with Gasteiger partial charge < -0.3 is 15.2 Å². The first kappa shape index (κ1) is 16.0. The van der Waals surface area contributed by atoms with Gasteiger partial charge in [0.25, 0.3) is 0 Å². The average molecular weight is 265 g/mol. The fourth-order valence-corrected chi connectivity index (χ4v) is 1.86. The molecule has 0 saturated heterocycles. The van der Waals surface area contributed by atoms with E-state index in [-0.39, 0.29) is 0 Å². The first-order valence-corrected chi connectivity index (χ1v) is 7.08. The van der Waals surface area contributed by atoms with Gasteiger partial charge in [0.05, 0.1) is 5.60 Å². The van der Waals surface area contributed by atoms with Gasteiger partial charge in [-0.15, -0.1) is 0 Å². The molecule has 2 unspecified atom stereocenters. The van der Waals surface area contributed by atoms with E-state index >= 15 is 0 Å².